The molecule has 0 aliphatic rings. The molecule has 0 saturated heterocycles. The summed E-state index contributed by atoms with van der Waals surface area (Å²) in [6, 6.07) is 6.75. The quantitative estimate of drug-likeness (QED) is 0.716. The lowest BCUT2D eigenvalue weighted by Gasteiger charge is -2.19. The summed E-state index contributed by atoms with van der Waals surface area (Å²) in [5.41, 5.74) is 0.952. The van der Waals surface area contributed by atoms with Gasteiger partial charge in [-0.15, -0.1) is 0 Å². The minimum Gasteiger partial charge on any atom is -0.375 e. The average Bonchev–Trinajstić information content (AvgIpc) is 2.28. The molecule has 0 aromatic heterocycles. The van der Waals surface area contributed by atoms with Crippen LogP contribution >= 0.6 is 0 Å². The van der Waals surface area contributed by atoms with Crippen LogP contribution in [0.2, 0.25) is 0 Å². The minimum absolute atomic E-state index is 0.167. The summed E-state index contributed by atoms with van der Waals surface area (Å²) in [5.74, 6) is -0.167. The van der Waals surface area contributed by atoms with Gasteiger partial charge < -0.3 is 10.2 Å². The smallest absolute Gasteiger partial charge is 0.125 e. The molecule has 1 N–H and O–H groups in total. The maximum Gasteiger partial charge on any atom is 0.125 e. The molecule has 16 heavy (non-hydrogen) atoms. The highest BCUT2D eigenvalue weighted by Crippen LogP contribution is 2.14. The third kappa shape index (κ3) is 4.62. The Balaban J connectivity index is 2.27. The van der Waals surface area contributed by atoms with Gasteiger partial charge in [0.2, 0.25) is 0 Å². The zero-order chi connectivity index (χ0) is 11.8. The Kier molecular flexibility index (Phi) is 5.86. The first-order chi connectivity index (χ1) is 7.74. The first-order valence-corrected chi connectivity index (χ1v) is 5.85. The molecule has 3 heteroatoms. The van der Waals surface area contributed by atoms with Gasteiger partial charge in [0.1, 0.15) is 5.82 Å². The van der Waals surface area contributed by atoms with Crippen LogP contribution in [0.5, 0.6) is 0 Å². The van der Waals surface area contributed by atoms with Gasteiger partial charge in [0.25, 0.3) is 0 Å². The first kappa shape index (κ1) is 13.0. The molecular weight excluding hydrogens is 203 g/mol. The Morgan fingerprint density at radius 3 is 2.75 bits per heavy atom. The van der Waals surface area contributed by atoms with Crippen LogP contribution in [0.25, 0.3) is 0 Å². The number of hydrogen-bond donors (Lipinski definition) is 1. The van der Waals surface area contributed by atoms with Crippen LogP contribution in [0.15, 0.2) is 24.3 Å². The molecule has 0 amide bonds. The van der Waals surface area contributed by atoms with E-state index >= 15 is 0 Å². The molecule has 0 bridgehead atoms. The van der Waals surface area contributed by atoms with Crippen molar-refractivity contribution in [1.29, 1.82) is 0 Å². The van der Waals surface area contributed by atoms with E-state index in [1.165, 1.54) is 18.9 Å². The van der Waals surface area contributed by atoms with Crippen LogP contribution in [0.1, 0.15) is 19.3 Å². The van der Waals surface area contributed by atoms with Crippen LogP contribution in [0.3, 0.4) is 0 Å². The molecule has 0 saturated carbocycles. The number of anilines is 1. The molecule has 1 aromatic carbocycles. The SMILES string of the molecule is CNCCCCCN(C)c1cccc(F)c1. The van der Waals surface area contributed by atoms with E-state index in [1.54, 1.807) is 12.1 Å². The van der Waals surface area contributed by atoms with Crippen molar-refractivity contribution >= 4 is 5.69 Å². The minimum atomic E-state index is -0.167. The second-order valence-electron chi connectivity index (χ2n) is 4.07. The van der Waals surface area contributed by atoms with Gasteiger partial charge in [-0.1, -0.05) is 12.5 Å². The molecule has 0 aliphatic heterocycles. The number of benzene rings is 1. The highest BCUT2D eigenvalue weighted by atomic mass is 19.1. The number of halogens is 1. The number of nitrogens with one attached hydrogen (secondary N) is 1. The molecule has 0 atom stereocenters. The predicted molar refractivity (Wildman–Crippen MR) is 67.4 cm³/mol. The summed E-state index contributed by atoms with van der Waals surface area (Å²) in [7, 11) is 3.98. The summed E-state index contributed by atoms with van der Waals surface area (Å²) >= 11 is 0. The summed E-state index contributed by atoms with van der Waals surface area (Å²) < 4.78 is 13.0. The van der Waals surface area contributed by atoms with Crippen molar-refractivity contribution < 1.29 is 4.39 Å². The van der Waals surface area contributed by atoms with Crippen molar-refractivity contribution in [3.8, 4) is 0 Å². The van der Waals surface area contributed by atoms with Gasteiger partial charge in [-0.2, -0.15) is 0 Å². The summed E-state index contributed by atoms with van der Waals surface area (Å²) in [6.45, 7) is 2.05. The van der Waals surface area contributed by atoms with Gasteiger partial charge in [-0.25, -0.2) is 4.39 Å². The molecule has 0 heterocycles. The predicted octanol–water partition coefficient (Wildman–Crippen LogP) is 2.65. The fraction of sp³-hybridized carbons (Fsp3) is 0.538. The highest BCUT2D eigenvalue weighted by molar-refractivity contribution is 5.45. The van der Waals surface area contributed by atoms with Gasteiger partial charge in [-0.3, -0.25) is 0 Å². The van der Waals surface area contributed by atoms with E-state index in [9.17, 15) is 4.39 Å². The molecule has 90 valence electrons. The van der Waals surface area contributed by atoms with Crippen molar-refractivity contribution in [2.24, 2.45) is 0 Å². The molecule has 0 spiro atoms. The van der Waals surface area contributed by atoms with E-state index in [0.29, 0.717) is 0 Å². The van der Waals surface area contributed by atoms with E-state index in [0.717, 1.165) is 25.2 Å². The zero-order valence-corrected chi connectivity index (χ0v) is 10.2. The van der Waals surface area contributed by atoms with E-state index in [1.807, 2.05) is 20.2 Å². The Morgan fingerprint density at radius 2 is 2.06 bits per heavy atom. The average molecular weight is 224 g/mol. The highest BCUT2D eigenvalue weighted by Gasteiger charge is 2.01. The molecule has 0 fully saturated rings. The number of hydrogen-bond acceptors (Lipinski definition) is 2. The van der Waals surface area contributed by atoms with Gasteiger partial charge in [-0.05, 0) is 44.6 Å². The van der Waals surface area contributed by atoms with E-state index in [4.69, 9.17) is 0 Å². The summed E-state index contributed by atoms with van der Waals surface area (Å²) in [5, 5.41) is 3.13. The van der Waals surface area contributed by atoms with E-state index in [-0.39, 0.29) is 5.82 Å². The lowest BCUT2D eigenvalue weighted by atomic mass is 10.2. The van der Waals surface area contributed by atoms with Crippen molar-refractivity contribution in [2.75, 3.05) is 32.1 Å². The van der Waals surface area contributed by atoms with Gasteiger partial charge in [0, 0.05) is 19.3 Å². The van der Waals surface area contributed by atoms with Crippen LogP contribution < -0.4 is 10.2 Å². The zero-order valence-electron chi connectivity index (χ0n) is 10.2. The first-order valence-electron chi connectivity index (χ1n) is 5.85. The fourth-order valence-corrected chi connectivity index (χ4v) is 1.67. The second-order valence-corrected chi connectivity index (χ2v) is 4.07. The third-order valence-electron chi connectivity index (χ3n) is 2.67. The van der Waals surface area contributed by atoms with E-state index in [2.05, 4.69) is 10.2 Å². The number of unbranched alkanes of at least 4 members (excludes halogenated alkanes) is 2. The molecule has 1 rings (SSSR count). The molecule has 0 radical (unpaired) electrons. The lowest BCUT2D eigenvalue weighted by molar-refractivity contribution is 0.623. The maximum absolute atomic E-state index is 13.0. The van der Waals surface area contributed by atoms with Crippen LogP contribution in [0.4, 0.5) is 10.1 Å². The van der Waals surface area contributed by atoms with Gasteiger partial charge in [0.15, 0.2) is 0 Å². The van der Waals surface area contributed by atoms with Crippen molar-refractivity contribution in [2.45, 2.75) is 19.3 Å². The van der Waals surface area contributed by atoms with Crippen LogP contribution in [-0.2, 0) is 0 Å². The Morgan fingerprint density at radius 1 is 1.25 bits per heavy atom. The monoisotopic (exact) mass is 224 g/mol. The largest absolute Gasteiger partial charge is 0.375 e. The normalized spacial score (nSPS) is 10.4. The van der Waals surface area contributed by atoms with Crippen LogP contribution in [0, 0.1) is 5.82 Å². The maximum atomic E-state index is 13.0. The molecule has 2 nitrogen and oxygen atoms in total. The van der Waals surface area contributed by atoms with Gasteiger partial charge in [0.05, 0.1) is 0 Å². The van der Waals surface area contributed by atoms with E-state index < -0.39 is 0 Å². The summed E-state index contributed by atoms with van der Waals surface area (Å²) in [6.07, 6.45) is 3.56. The molecule has 0 aliphatic carbocycles. The molecule has 0 unspecified atom stereocenters. The third-order valence-corrected chi connectivity index (χ3v) is 2.67. The standard InChI is InChI=1S/C13H21FN2/c1-15-9-4-3-5-10-16(2)13-8-6-7-12(14)11-13/h6-8,11,15H,3-5,9-10H2,1-2H3. The van der Waals surface area contributed by atoms with Crippen molar-refractivity contribution in [3.05, 3.63) is 30.1 Å². The van der Waals surface area contributed by atoms with Crippen LogP contribution in [-0.4, -0.2) is 27.2 Å². The van der Waals surface area contributed by atoms with Crippen molar-refractivity contribution in [3.63, 3.8) is 0 Å². The Bertz CT molecular complexity index is 302. The topological polar surface area (TPSA) is 15.3 Å². The molecule has 1 aromatic rings. The molecular formula is C13H21FN2. The lowest BCUT2D eigenvalue weighted by Crippen LogP contribution is -2.18. The second kappa shape index (κ2) is 7.23. The number of nitrogens with zero attached hydrogens (tertiary/aromatic N) is 1. The Hall–Kier alpha value is -1.09. The fourth-order valence-electron chi connectivity index (χ4n) is 1.67. The van der Waals surface area contributed by atoms with Gasteiger partial charge >= 0.3 is 0 Å². The van der Waals surface area contributed by atoms with Crippen molar-refractivity contribution in [1.82, 2.24) is 5.32 Å². The number of rotatable bonds is 7. The Labute approximate surface area is 97.5 Å². The summed E-state index contributed by atoms with van der Waals surface area (Å²) in [4.78, 5) is 2.10.